The highest BCUT2D eigenvalue weighted by Crippen LogP contribution is 2.32. The average Bonchev–Trinajstić information content (AvgIpc) is 4.14. The van der Waals surface area contributed by atoms with E-state index < -0.39 is 89.0 Å². The fraction of sp³-hybridized carbons (Fsp3) is 0.386. The van der Waals surface area contributed by atoms with Crippen LogP contribution in [0.3, 0.4) is 0 Å². The summed E-state index contributed by atoms with van der Waals surface area (Å²) in [6.45, 7) is -0.0162. The normalized spacial score (nSPS) is 11.1. The largest absolute Gasteiger partial charge is 0.515 e. The molecule has 1 heterocycles. The Balaban J connectivity index is 0.000000481. The monoisotopic (exact) mass is 1360 g/mol. The van der Waals surface area contributed by atoms with Crippen LogP contribution in [-0.4, -0.2) is 114 Å². The van der Waals surface area contributed by atoms with Gasteiger partial charge in [-0.1, -0.05) is 48.5 Å². The van der Waals surface area contributed by atoms with E-state index in [-0.39, 0.29) is 51.4 Å². The maximum absolute atomic E-state index is 11.8. The lowest BCUT2D eigenvalue weighted by Crippen LogP contribution is -2.22. The Morgan fingerprint density at radius 1 is 0.393 bits per heavy atom. The zero-order chi connectivity index (χ0) is 65.9. The second-order valence-electron chi connectivity index (χ2n) is 17.6. The molecule has 0 aromatic heterocycles. The Morgan fingerprint density at radius 3 is 0.843 bits per heavy atom. The fourth-order valence-corrected chi connectivity index (χ4v) is 6.73. The third kappa shape index (κ3) is 42.5. The second-order valence-corrected chi connectivity index (χ2v) is 22.0. The molecule has 4 aromatic carbocycles. The van der Waals surface area contributed by atoms with Gasteiger partial charge in [-0.25, -0.2) is 14.4 Å². The van der Waals surface area contributed by atoms with Crippen molar-refractivity contribution >= 4 is 158 Å². The first kappa shape index (κ1) is 77.1. The summed E-state index contributed by atoms with van der Waals surface area (Å²) in [5, 5.41) is 0. The predicted molar refractivity (Wildman–Crippen MR) is 318 cm³/mol. The number of unbranched alkanes of at least 4 members (excludes halogenated alkanes) is 2. The van der Waals surface area contributed by atoms with Gasteiger partial charge in [0.1, 0.15) is 0 Å². The van der Waals surface area contributed by atoms with Gasteiger partial charge in [-0.2, -0.15) is 9.98 Å². The highest BCUT2D eigenvalue weighted by Gasteiger charge is 2.32. The van der Waals surface area contributed by atoms with E-state index in [4.69, 9.17) is 124 Å². The molecule has 482 valence electrons. The van der Waals surface area contributed by atoms with Crippen LogP contribution in [0.25, 0.3) is 0 Å². The topological polar surface area (TPSA) is 366 Å². The lowest BCUT2D eigenvalue weighted by Gasteiger charge is -2.15. The lowest BCUT2D eigenvalue weighted by atomic mass is 10.1. The molecule has 0 atom stereocenters. The van der Waals surface area contributed by atoms with Crippen molar-refractivity contribution in [2.24, 2.45) is 9.98 Å². The maximum atomic E-state index is 11.8. The van der Waals surface area contributed by atoms with E-state index in [0.717, 1.165) is 24.3 Å². The fourth-order valence-electron chi connectivity index (χ4n) is 6.35. The number of anilines is 2. The van der Waals surface area contributed by atoms with Crippen LogP contribution in [0.1, 0.15) is 86.5 Å². The zero-order valence-corrected chi connectivity index (χ0v) is 51.7. The summed E-state index contributed by atoms with van der Waals surface area (Å²) < 4.78 is 47.2. The highest BCUT2D eigenvalue weighted by molar-refractivity contribution is 6.67. The van der Waals surface area contributed by atoms with Crippen molar-refractivity contribution in [1.82, 2.24) is 0 Å². The number of halogens is 6. The molecule has 26 nitrogen and oxygen atoms in total. The number of nitrogens with two attached hydrogens (primary N) is 2. The third-order valence-corrected chi connectivity index (χ3v) is 11.0. The van der Waals surface area contributed by atoms with Crippen LogP contribution in [0.4, 0.5) is 27.5 Å². The molecule has 0 aliphatic carbocycles. The molecule has 5 rings (SSSR count). The predicted octanol–water partition coefficient (Wildman–Crippen LogP) is 9.93. The van der Waals surface area contributed by atoms with Crippen molar-refractivity contribution in [1.29, 1.82) is 0 Å². The summed E-state index contributed by atoms with van der Waals surface area (Å²) in [5.41, 5.74) is 15.9. The van der Waals surface area contributed by atoms with E-state index in [1.54, 1.807) is 97.1 Å². The van der Waals surface area contributed by atoms with Crippen molar-refractivity contribution in [2.45, 2.75) is 97.8 Å². The Bertz CT molecular complexity index is 2770. The van der Waals surface area contributed by atoms with Crippen molar-refractivity contribution < 1.29 is 105 Å². The van der Waals surface area contributed by atoms with Crippen LogP contribution in [0.15, 0.2) is 107 Å². The van der Waals surface area contributed by atoms with Crippen LogP contribution in [-0.2, 0) is 126 Å². The van der Waals surface area contributed by atoms with Crippen LogP contribution >= 0.6 is 69.6 Å². The van der Waals surface area contributed by atoms with Gasteiger partial charge in [0, 0.05) is 50.3 Å². The van der Waals surface area contributed by atoms with Gasteiger partial charge in [-0.05, 0) is 179 Å². The molecule has 0 amide bonds. The number of isocyanates is 2. The Morgan fingerprint density at radius 2 is 0.629 bits per heavy atom. The molecule has 0 saturated carbocycles. The Kier molecular flexibility index (Phi) is 38.5. The van der Waals surface area contributed by atoms with Gasteiger partial charge >= 0.3 is 61.9 Å². The van der Waals surface area contributed by atoms with Gasteiger partial charge < -0.3 is 63.6 Å². The molecule has 0 unspecified atom stereocenters. The SMILES string of the molecule is C1CCOC1.Nc1ccc(CC(=O)OCOC(=O)CCCCC(=O)OCOC(=O)Cc2ccc(N)cc2)cc1.O=C(OC(Cl)(Cl)Cl)OC(Cl)(Cl)Cl.O=C=Nc1ccc(CC(=O)OCOC(=O)CCCCC(=O)OCOC(=O)Cc2ccc(N=C=O)cc2)cc1. The number of hydrogen-bond acceptors (Lipinski definition) is 26. The van der Waals surface area contributed by atoms with Gasteiger partial charge in [-0.15, -0.1) is 0 Å². The number of esters is 8. The van der Waals surface area contributed by atoms with E-state index >= 15 is 0 Å². The summed E-state index contributed by atoms with van der Waals surface area (Å²) in [5.74, 6) is -4.56. The molecule has 4 aromatic rings. The number of alkyl halides is 6. The molecule has 32 heteroatoms. The van der Waals surface area contributed by atoms with Gasteiger partial charge in [-0.3, -0.25) is 38.4 Å². The molecule has 0 spiro atoms. The van der Waals surface area contributed by atoms with Crippen LogP contribution in [0.5, 0.6) is 0 Å². The molecular formula is C57H60Cl6N4O22. The van der Waals surface area contributed by atoms with Crippen molar-refractivity contribution in [2.75, 3.05) is 51.9 Å². The minimum Gasteiger partial charge on any atom is -0.428 e. The zero-order valence-electron chi connectivity index (χ0n) is 47.2. The quantitative estimate of drug-likeness (QED) is 0.00780. The standard InChI is InChI=1S/C26H24N2O10.C24H28N2O8.C4H8O.C3Cl6O3/c29-15-27-21-9-5-19(6-10-21)13-25(33)37-17-35-23(31)3-1-2-4-24(32)36-18-38-26(34)14-20-7-11-22(12-8-20)28-16-30;25-19-9-5-17(6-10-19)13-23(29)33-15-31-21(27)3-1-2-4-22(28)32-16-34-24(30)14-18-7-11-20(26)12-8-18;1-2-4-5-3-1;4-2(5,6)11-1(10)12-3(7,8)9/h5-12H,1-4,13-14,17-18H2;5-12H,1-4,13-16,25-26H2;1-4H2;. The van der Waals surface area contributed by atoms with Crippen molar-refractivity contribution in [3.05, 3.63) is 119 Å². The number of ether oxygens (including phenoxy) is 11. The van der Waals surface area contributed by atoms with Gasteiger partial charge in [0.2, 0.25) is 39.3 Å². The van der Waals surface area contributed by atoms with Crippen LogP contribution in [0.2, 0.25) is 0 Å². The van der Waals surface area contributed by atoms with Gasteiger partial charge in [0.25, 0.3) is 0 Å². The van der Waals surface area contributed by atoms with Crippen LogP contribution in [0, 0.1) is 0 Å². The number of carbonyl (C=O) groups excluding carboxylic acids is 11. The van der Waals surface area contributed by atoms with Crippen molar-refractivity contribution in [3.8, 4) is 0 Å². The molecule has 1 aliphatic heterocycles. The number of carbonyl (C=O) groups is 9. The molecule has 0 bridgehead atoms. The first-order chi connectivity index (χ1) is 42.3. The Labute approximate surface area is 539 Å². The number of aliphatic imine (C=N–C) groups is 2. The average molecular weight is 1370 g/mol. The van der Waals surface area contributed by atoms with E-state index in [1.165, 1.54) is 25.0 Å². The van der Waals surface area contributed by atoms with E-state index in [1.807, 2.05) is 0 Å². The minimum absolute atomic E-state index is 0.00940. The van der Waals surface area contributed by atoms with E-state index in [9.17, 15) is 52.7 Å². The molecular weight excluding hydrogens is 1310 g/mol. The Hall–Kier alpha value is -8.03. The molecule has 0 radical (unpaired) electrons. The summed E-state index contributed by atoms with van der Waals surface area (Å²) in [6.07, 6.45) is 5.51. The lowest BCUT2D eigenvalue weighted by molar-refractivity contribution is -0.169. The minimum atomic E-state index is -2.24. The van der Waals surface area contributed by atoms with Crippen LogP contribution < -0.4 is 11.5 Å². The van der Waals surface area contributed by atoms with E-state index in [0.29, 0.717) is 59.6 Å². The highest BCUT2D eigenvalue weighted by atomic mass is 35.6. The smallest absolute Gasteiger partial charge is 0.428 e. The summed E-state index contributed by atoms with van der Waals surface area (Å²) in [7, 11) is 0. The molecule has 1 fully saturated rings. The van der Waals surface area contributed by atoms with Gasteiger partial charge in [0.15, 0.2) is 0 Å². The number of rotatable bonds is 28. The molecule has 1 aliphatic rings. The van der Waals surface area contributed by atoms with Crippen molar-refractivity contribution in [3.63, 3.8) is 0 Å². The van der Waals surface area contributed by atoms with E-state index in [2.05, 4.69) is 19.5 Å². The number of hydrogen-bond donors (Lipinski definition) is 2. The number of nitrogens with zero attached hydrogens (tertiary/aromatic N) is 2. The third-order valence-electron chi connectivity index (χ3n) is 10.6. The summed E-state index contributed by atoms with van der Waals surface area (Å²) in [6, 6.07) is 26.1. The molecule has 1 saturated heterocycles. The molecule has 89 heavy (non-hydrogen) atoms. The second kappa shape index (κ2) is 44.4. The number of benzene rings is 4. The summed E-state index contributed by atoms with van der Waals surface area (Å²) >= 11 is 30.2. The number of nitrogen functional groups attached to an aromatic ring is 2. The maximum Gasteiger partial charge on any atom is 0.515 e. The first-order valence-corrected chi connectivity index (χ1v) is 28.5. The first-order valence-electron chi connectivity index (χ1n) is 26.2. The van der Waals surface area contributed by atoms with Gasteiger partial charge in [0.05, 0.1) is 37.1 Å². The summed E-state index contributed by atoms with van der Waals surface area (Å²) in [4.78, 5) is 132. The molecule has 4 N–H and O–H groups in total.